The molecule has 1 aromatic carbocycles. The number of hydrogen-bond donors (Lipinski definition) is 2. The van der Waals surface area contributed by atoms with Gasteiger partial charge in [0.15, 0.2) is 0 Å². The number of aryl methyl sites for hydroxylation is 1. The molecule has 21 heavy (non-hydrogen) atoms. The Morgan fingerprint density at radius 2 is 2.05 bits per heavy atom. The summed E-state index contributed by atoms with van der Waals surface area (Å²) in [5.41, 5.74) is 3.60. The first-order valence-electron chi connectivity index (χ1n) is 7.01. The molecule has 0 radical (unpaired) electrons. The van der Waals surface area contributed by atoms with E-state index in [1.54, 1.807) is 16.8 Å². The SMILES string of the molecule is CCn1cc(NC(=O)c2ccc3c(c2)CNC3)ccc1=O. The van der Waals surface area contributed by atoms with Crippen molar-refractivity contribution in [2.45, 2.75) is 26.6 Å². The van der Waals surface area contributed by atoms with E-state index < -0.39 is 0 Å². The van der Waals surface area contributed by atoms with Crippen LogP contribution in [-0.4, -0.2) is 10.5 Å². The molecule has 0 spiro atoms. The van der Waals surface area contributed by atoms with Crippen LogP contribution in [0.3, 0.4) is 0 Å². The van der Waals surface area contributed by atoms with Gasteiger partial charge in [-0.3, -0.25) is 9.59 Å². The van der Waals surface area contributed by atoms with E-state index in [2.05, 4.69) is 10.6 Å². The summed E-state index contributed by atoms with van der Waals surface area (Å²) in [7, 11) is 0. The quantitative estimate of drug-likeness (QED) is 0.901. The molecule has 5 nitrogen and oxygen atoms in total. The summed E-state index contributed by atoms with van der Waals surface area (Å²) in [6, 6.07) is 8.82. The molecule has 0 saturated carbocycles. The zero-order valence-electron chi connectivity index (χ0n) is 11.8. The van der Waals surface area contributed by atoms with Crippen molar-refractivity contribution in [3.63, 3.8) is 0 Å². The van der Waals surface area contributed by atoms with Crippen molar-refractivity contribution < 1.29 is 4.79 Å². The Balaban J connectivity index is 1.81. The van der Waals surface area contributed by atoms with Crippen molar-refractivity contribution in [2.24, 2.45) is 0 Å². The fourth-order valence-electron chi connectivity index (χ4n) is 2.49. The lowest BCUT2D eigenvalue weighted by Gasteiger charge is -2.09. The molecule has 1 aliphatic rings. The molecule has 1 aromatic heterocycles. The molecule has 1 amide bonds. The van der Waals surface area contributed by atoms with Crippen LogP contribution in [0, 0.1) is 0 Å². The molecule has 1 aliphatic heterocycles. The first-order chi connectivity index (χ1) is 10.2. The fraction of sp³-hybridized carbons (Fsp3) is 0.250. The number of carbonyl (C=O) groups is 1. The third-order valence-corrected chi connectivity index (χ3v) is 3.68. The number of rotatable bonds is 3. The molecular weight excluding hydrogens is 266 g/mol. The Labute approximate surface area is 122 Å². The van der Waals surface area contributed by atoms with Crippen LogP contribution < -0.4 is 16.2 Å². The fourth-order valence-corrected chi connectivity index (χ4v) is 2.49. The summed E-state index contributed by atoms with van der Waals surface area (Å²) < 4.78 is 1.56. The molecule has 2 N–H and O–H groups in total. The van der Waals surface area contributed by atoms with Gasteiger partial charge in [-0.25, -0.2) is 0 Å². The lowest BCUT2D eigenvalue weighted by atomic mass is 10.1. The van der Waals surface area contributed by atoms with E-state index in [0.29, 0.717) is 17.8 Å². The van der Waals surface area contributed by atoms with Gasteiger partial charge in [-0.1, -0.05) is 6.07 Å². The number of nitrogens with zero attached hydrogens (tertiary/aromatic N) is 1. The third-order valence-electron chi connectivity index (χ3n) is 3.68. The Morgan fingerprint density at radius 1 is 1.24 bits per heavy atom. The van der Waals surface area contributed by atoms with E-state index in [4.69, 9.17) is 0 Å². The van der Waals surface area contributed by atoms with E-state index in [9.17, 15) is 9.59 Å². The summed E-state index contributed by atoms with van der Waals surface area (Å²) >= 11 is 0. The Morgan fingerprint density at radius 3 is 2.86 bits per heavy atom. The minimum Gasteiger partial charge on any atom is -0.321 e. The largest absolute Gasteiger partial charge is 0.321 e. The van der Waals surface area contributed by atoms with Gasteiger partial charge in [0, 0.05) is 37.5 Å². The molecule has 0 fully saturated rings. The van der Waals surface area contributed by atoms with Gasteiger partial charge in [-0.15, -0.1) is 0 Å². The van der Waals surface area contributed by atoms with Crippen molar-refractivity contribution in [1.82, 2.24) is 9.88 Å². The van der Waals surface area contributed by atoms with E-state index in [-0.39, 0.29) is 11.5 Å². The first kappa shape index (κ1) is 13.6. The average molecular weight is 283 g/mol. The van der Waals surface area contributed by atoms with Crippen LogP contribution in [0.25, 0.3) is 0 Å². The maximum Gasteiger partial charge on any atom is 0.255 e. The minimum atomic E-state index is -0.161. The van der Waals surface area contributed by atoms with Crippen LogP contribution in [0.5, 0.6) is 0 Å². The molecule has 2 aromatic rings. The molecule has 0 atom stereocenters. The van der Waals surface area contributed by atoms with Crippen molar-refractivity contribution >= 4 is 11.6 Å². The molecule has 3 rings (SSSR count). The smallest absolute Gasteiger partial charge is 0.255 e. The van der Waals surface area contributed by atoms with E-state index >= 15 is 0 Å². The zero-order chi connectivity index (χ0) is 14.8. The summed E-state index contributed by atoms with van der Waals surface area (Å²) in [6.07, 6.45) is 1.66. The topological polar surface area (TPSA) is 63.1 Å². The molecule has 0 saturated heterocycles. The van der Waals surface area contributed by atoms with Gasteiger partial charge in [0.1, 0.15) is 0 Å². The highest BCUT2D eigenvalue weighted by molar-refractivity contribution is 6.04. The number of pyridine rings is 1. The number of anilines is 1. The van der Waals surface area contributed by atoms with Crippen molar-refractivity contribution in [1.29, 1.82) is 0 Å². The number of hydrogen-bond acceptors (Lipinski definition) is 3. The van der Waals surface area contributed by atoms with Gasteiger partial charge in [-0.2, -0.15) is 0 Å². The standard InChI is InChI=1S/C16H17N3O2/c1-2-19-10-14(5-6-15(19)20)18-16(21)11-3-4-12-8-17-9-13(12)7-11/h3-7,10,17H,2,8-9H2,1H3,(H,18,21). The van der Waals surface area contributed by atoms with E-state index in [0.717, 1.165) is 13.1 Å². The highest BCUT2D eigenvalue weighted by Gasteiger charge is 2.13. The normalized spacial score (nSPS) is 13.0. The number of aromatic nitrogens is 1. The number of nitrogens with one attached hydrogen (secondary N) is 2. The number of carbonyl (C=O) groups excluding carboxylic acids is 1. The Hall–Kier alpha value is -2.40. The van der Waals surface area contributed by atoms with Crippen LogP contribution in [0.15, 0.2) is 41.3 Å². The van der Waals surface area contributed by atoms with Gasteiger partial charge < -0.3 is 15.2 Å². The molecule has 0 aliphatic carbocycles. The Bertz CT molecular complexity index is 749. The second-order valence-corrected chi connectivity index (χ2v) is 5.08. The zero-order valence-corrected chi connectivity index (χ0v) is 11.8. The minimum absolute atomic E-state index is 0.0703. The van der Waals surface area contributed by atoms with Crippen LogP contribution in [0.1, 0.15) is 28.4 Å². The summed E-state index contributed by atoms with van der Waals surface area (Å²) in [4.78, 5) is 23.8. The first-order valence-corrected chi connectivity index (χ1v) is 7.01. The number of amides is 1. The molecular formula is C16H17N3O2. The van der Waals surface area contributed by atoms with Gasteiger partial charge in [-0.05, 0) is 36.2 Å². The van der Waals surface area contributed by atoms with Crippen molar-refractivity contribution in [2.75, 3.05) is 5.32 Å². The van der Waals surface area contributed by atoms with Crippen LogP contribution >= 0.6 is 0 Å². The van der Waals surface area contributed by atoms with Crippen LogP contribution in [0.2, 0.25) is 0 Å². The van der Waals surface area contributed by atoms with Crippen molar-refractivity contribution in [3.8, 4) is 0 Å². The number of fused-ring (bicyclic) bond motifs is 1. The average Bonchev–Trinajstić information content (AvgIpc) is 2.96. The van der Waals surface area contributed by atoms with Crippen LogP contribution in [-0.2, 0) is 19.6 Å². The summed E-state index contributed by atoms with van der Waals surface area (Å²) in [5, 5.41) is 6.09. The van der Waals surface area contributed by atoms with Crippen molar-refractivity contribution in [3.05, 3.63) is 63.6 Å². The maximum absolute atomic E-state index is 12.3. The maximum atomic E-state index is 12.3. The molecule has 2 heterocycles. The lowest BCUT2D eigenvalue weighted by Crippen LogP contribution is -2.19. The van der Waals surface area contributed by atoms with Gasteiger partial charge in [0.2, 0.25) is 0 Å². The van der Waals surface area contributed by atoms with Gasteiger partial charge in [0.05, 0.1) is 5.69 Å². The second-order valence-electron chi connectivity index (χ2n) is 5.08. The lowest BCUT2D eigenvalue weighted by molar-refractivity contribution is 0.102. The number of benzene rings is 1. The second kappa shape index (κ2) is 5.54. The molecule has 0 bridgehead atoms. The van der Waals surface area contributed by atoms with E-state index in [1.807, 2.05) is 25.1 Å². The summed E-state index contributed by atoms with van der Waals surface area (Å²) in [6.45, 7) is 4.13. The molecule has 108 valence electrons. The highest BCUT2D eigenvalue weighted by Crippen LogP contribution is 2.18. The monoisotopic (exact) mass is 283 g/mol. The van der Waals surface area contributed by atoms with Gasteiger partial charge in [0.25, 0.3) is 11.5 Å². The predicted molar refractivity (Wildman–Crippen MR) is 81.3 cm³/mol. The molecule has 0 unspecified atom stereocenters. The molecule has 5 heteroatoms. The predicted octanol–water partition coefficient (Wildman–Crippen LogP) is 1.72. The van der Waals surface area contributed by atoms with Gasteiger partial charge >= 0.3 is 0 Å². The van der Waals surface area contributed by atoms with E-state index in [1.165, 1.54) is 17.2 Å². The summed E-state index contributed by atoms with van der Waals surface area (Å²) in [5.74, 6) is -0.161. The Kier molecular flexibility index (Phi) is 3.58. The highest BCUT2D eigenvalue weighted by atomic mass is 16.1. The van der Waals surface area contributed by atoms with Crippen LogP contribution in [0.4, 0.5) is 5.69 Å². The third kappa shape index (κ3) is 2.73.